The van der Waals surface area contributed by atoms with Gasteiger partial charge in [0, 0.05) is 17.7 Å². The van der Waals surface area contributed by atoms with Crippen molar-refractivity contribution in [3.05, 3.63) is 58.7 Å². The van der Waals surface area contributed by atoms with Gasteiger partial charge in [-0.25, -0.2) is 0 Å². The van der Waals surface area contributed by atoms with Gasteiger partial charge in [0.25, 0.3) is 0 Å². The topological polar surface area (TPSA) is 98.8 Å². The third-order valence-electron chi connectivity index (χ3n) is 6.83. The van der Waals surface area contributed by atoms with Crippen LogP contribution in [0.15, 0.2) is 36.4 Å². The second kappa shape index (κ2) is 17.1. The smallest absolute Gasteiger partial charge is 0.157 e. The van der Waals surface area contributed by atoms with Crippen LogP contribution in [0, 0.1) is 0 Å². The van der Waals surface area contributed by atoms with E-state index in [-0.39, 0.29) is 12.4 Å². The van der Waals surface area contributed by atoms with Gasteiger partial charge in [0.2, 0.25) is 0 Å². The highest BCUT2D eigenvalue weighted by molar-refractivity contribution is 5.83. The van der Waals surface area contributed by atoms with Gasteiger partial charge in [0.15, 0.2) is 6.29 Å². The summed E-state index contributed by atoms with van der Waals surface area (Å²) in [6, 6.07) is 10.8. The summed E-state index contributed by atoms with van der Waals surface area (Å²) < 4.78 is 40.4. The molecule has 1 aliphatic carbocycles. The van der Waals surface area contributed by atoms with E-state index in [2.05, 4.69) is 6.07 Å². The minimum atomic E-state index is -0.0858. The molecule has 40 heavy (non-hydrogen) atoms. The molecule has 4 rings (SSSR count). The van der Waals surface area contributed by atoms with Crippen LogP contribution in [0.1, 0.15) is 70.1 Å². The molecule has 0 spiro atoms. The van der Waals surface area contributed by atoms with Crippen molar-refractivity contribution in [2.45, 2.75) is 50.9 Å². The molecule has 0 radical (unpaired) electrons. The zero-order chi connectivity index (χ0) is 27.8. The maximum absolute atomic E-state index is 11.0. The van der Waals surface area contributed by atoms with Gasteiger partial charge in [-0.1, -0.05) is 12.1 Å². The van der Waals surface area contributed by atoms with Crippen molar-refractivity contribution in [3.63, 3.8) is 0 Å². The third kappa shape index (κ3) is 9.67. The van der Waals surface area contributed by atoms with Crippen LogP contribution in [0.25, 0.3) is 0 Å². The highest BCUT2D eigenvalue weighted by atomic mass is 16.7. The fraction of sp³-hybridized carbons (Fsp3) is 0.548. The lowest BCUT2D eigenvalue weighted by Gasteiger charge is -2.27. The van der Waals surface area contributed by atoms with Gasteiger partial charge in [0.05, 0.1) is 45.7 Å². The number of ether oxygens (including phenoxy) is 7. The first kappa shape index (κ1) is 30.1. The van der Waals surface area contributed by atoms with Gasteiger partial charge in [-0.15, -0.1) is 0 Å². The standard InChI is InChI=1S/C31H40O9/c32-22-24-19-25(23-33)21-26(20-24)36-15-11-34-12-16-37-29-7-3-6-28-27(29)5-4-8-30(28)38-17-13-35-14-18-40-31-9-1-2-10-39-31/h4-5,8,19-23,29,31H,1-3,6-7,9-18H2. The molecule has 9 nitrogen and oxygen atoms in total. The van der Waals surface area contributed by atoms with E-state index in [1.807, 2.05) is 12.1 Å². The van der Waals surface area contributed by atoms with Gasteiger partial charge in [-0.05, 0) is 73.9 Å². The Bertz CT molecular complexity index is 1020. The van der Waals surface area contributed by atoms with Crippen LogP contribution < -0.4 is 9.47 Å². The van der Waals surface area contributed by atoms with Crippen LogP contribution in [0.3, 0.4) is 0 Å². The number of carbonyl (C=O) groups excluding carboxylic acids is 2. The Labute approximate surface area is 236 Å². The van der Waals surface area contributed by atoms with Gasteiger partial charge in [0.1, 0.15) is 37.3 Å². The van der Waals surface area contributed by atoms with Crippen molar-refractivity contribution in [1.82, 2.24) is 0 Å². The zero-order valence-corrected chi connectivity index (χ0v) is 23.1. The van der Waals surface area contributed by atoms with Crippen molar-refractivity contribution in [2.24, 2.45) is 0 Å². The quantitative estimate of drug-likeness (QED) is 0.190. The van der Waals surface area contributed by atoms with Crippen molar-refractivity contribution in [3.8, 4) is 11.5 Å². The van der Waals surface area contributed by atoms with Gasteiger partial charge in [-0.2, -0.15) is 0 Å². The van der Waals surface area contributed by atoms with Crippen LogP contribution in [-0.2, 0) is 30.1 Å². The molecular weight excluding hydrogens is 516 g/mol. The lowest BCUT2D eigenvalue weighted by molar-refractivity contribution is -0.169. The monoisotopic (exact) mass is 556 g/mol. The maximum atomic E-state index is 11.0. The molecule has 1 aliphatic heterocycles. The maximum Gasteiger partial charge on any atom is 0.157 e. The minimum absolute atomic E-state index is 0.00963. The second-order valence-electron chi connectivity index (χ2n) is 9.74. The van der Waals surface area contributed by atoms with Crippen LogP contribution >= 0.6 is 0 Å². The van der Waals surface area contributed by atoms with Crippen LogP contribution in [-0.4, -0.2) is 78.3 Å². The summed E-state index contributed by atoms with van der Waals surface area (Å²) >= 11 is 0. The highest BCUT2D eigenvalue weighted by Crippen LogP contribution is 2.37. The number of carbonyl (C=O) groups is 2. The lowest BCUT2D eigenvalue weighted by Crippen LogP contribution is -2.24. The Kier molecular flexibility index (Phi) is 12.9. The summed E-state index contributed by atoms with van der Waals surface area (Å²) in [5, 5.41) is 0. The first-order valence-electron chi connectivity index (χ1n) is 14.2. The molecule has 1 saturated heterocycles. The Morgan fingerprint density at radius 1 is 0.750 bits per heavy atom. The third-order valence-corrected chi connectivity index (χ3v) is 6.83. The Morgan fingerprint density at radius 2 is 1.48 bits per heavy atom. The summed E-state index contributed by atoms with van der Waals surface area (Å²) in [7, 11) is 0. The SMILES string of the molecule is O=Cc1cc(C=O)cc(OCCOCCOC2CCCc3c(OCCOCCOC4CCCCO4)cccc32)c1. The molecule has 2 unspecified atom stereocenters. The molecular formula is C31H40O9. The van der Waals surface area contributed by atoms with Crippen molar-refractivity contribution in [1.29, 1.82) is 0 Å². The van der Waals surface area contributed by atoms with Crippen LogP contribution in [0.2, 0.25) is 0 Å². The van der Waals surface area contributed by atoms with Crippen molar-refractivity contribution >= 4 is 12.6 Å². The summed E-state index contributed by atoms with van der Waals surface area (Å²) in [6.45, 7) is 4.38. The summed E-state index contributed by atoms with van der Waals surface area (Å²) in [5.74, 6) is 1.36. The predicted octanol–water partition coefficient (Wildman–Crippen LogP) is 4.74. The molecule has 2 atom stereocenters. The first-order chi connectivity index (χ1) is 19.8. The molecule has 0 aromatic heterocycles. The zero-order valence-electron chi connectivity index (χ0n) is 23.1. The van der Waals surface area contributed by atoms with E-state index in [0.717, 1.165) is 50.9 Å². The Balaban J connectivity index is 1.10. The molecule has 2 aliphatic rings. The molecule has 2 aromatic carbocycles. The van der Waals surface area contributed by atoms with Gasteiger partial charge >= 0.3 is 0 Å². The highest BCUT2D eigenvalue weighted by Gasteiger charge is 2.23. The Hall–Kier alpha value is -2.82. The molecule has 218 valence electrons. The van der Waals surface area contributed by atoms with E-state index in [9.17, 15) is 9.59 Å². The fourth-order valence-corrected chi connectivity index (χ4v) is 4.91. The summed E-state index contributed by atoms with van der Waals surface area (Å²) in [5.41, 5.74) is 3.18. The van der Waals surface area contributed by atoms with E-state index in [1.165, 1.54) is 17.2 Å². The average Bonchev–Trinajstić information content (AvgIpc) is 3.00. The van der Waals surface area contributed by atoms with Gasteiger partial charge in [-0.3, -0.25) is 9.59 Å². The molecule has 2 aromatic rings. The summed E-state index contributed by atoms with van der Waals surface area (Å²) in [4.78, 5) is 22.0. The number of rotatable bonds is 18. The number of fused-ring (bicyclic) bond motifs is 1. The van der Waals surface area contributed by atoms with E-state index in [0.29, 0.717) is 82.3 Å². The van der Waals surface area contributed by atoms with Crippen LogP contribution in [0.4, 0.5) is 0 Å². The van der Waals surface area contributed by atoms with Crippen molar-refractivity contribution < 1.29 is 42.7 Å². The number of aldehydes is 2. The van der Waals surface area contributed by atoms with Crippen molar-refractivity contribution in [2.75, 3.05) is 59.5 Å². The number of benzene rings is 2. The molecule has 1 heterocycles. The molecule has 0 bridgehead atoms. The van der Waals surface area contributed by atoms with E-state index < -0.39 is 0 Å². The molecule has 0 saturated carbocycles. The Morgan fingerprint density at radius 3 is 2.20 bits per heavy atom. The van der Waals surface area contributed by atoms with Gasteiger partial charge < -0.3 is 33.2 Å². The number of hydrogen-bond acceptors (Lipinski definition) is 9. The van der Waals surface area contributed by atoms with E-state index in [1.54, 1.807) is 12.1 Å². The minimum Gasteiger partial charge on any atom is -0.491 e. The van der Waals surface area contributed by atoms with E-state index >= 15 is 0 Å². The van der Waals surface area contributed by atoms with E-state index in [4.69, 9.17) is 33.2 Å². The molecule has 0 amide bonds. The average molecular weight is 557 g/mol. The fourth-order valence-electron chi connectivity index (χ4n) is 4.91. The normalized spacial score (nSPS) is 18.6. The van der Waals surface area contributed by atoms with Crippen LogP contribution in [0.5, 0.6) is 11.5 Å². The summed E-state index contributed by atoms with van der Waals surface area (Å²) in [6.07, 6.45) is 7.48. The number of hydrogen-bond donors (Lipinski definition) is 0. The second-order valence-corrected chi connectivity index (χ2v) is 9.74. The molecule has 0 N–H and O–H groups in total. The molecule has 9 heteroatoms. The largest absolute Gasteiger partial charge is 0.491 e. The lowest BCUT2D eigenvalue weighted by atomic mass is 9.88. The first-order valence-corrected chi connectivity index (χ1v) is 14.2. The molecule has 1 fully saturated rings. The predicted molar refractivity (Wildman–Crippen MR) is 147 cm³/mol.